The third-order valence-electron chi connectivity index (χ3n) is 12.1. The van der Waals surface area contributed by atoms with Gasteiger partial charge in [-0.15, -0.1) is 11.3 Å². The van der Waals surface area contributed by atoms with Crippen LogP contribution in [0.25, 0.3) is 75.9 Å². The van der Waals surface area contributed by atoms with E-state index in [0.29, 0.717) is 0 Å². The highest BCUT2D eigenvalue weighted by atomic mass is 32.1. The van der Waals surface area contributed by atoms with E-state index in [-0.39, 0.29) is 12.2 Å². The van der Waals surface area contributed by atoms with Crippen molar-refractivity contribution in [1.82, 2.24) is 9.88 Å². The standard InChI is InChI=1S/C52H37N3OS/c1-3-12-32(13-4-1)43-31-44(54-52(53-43)33-14-5-2-6-15-33)36-22-25-39-41-28-34(23-26-48(41)56-49(39)30-36)35-24-27-50-42(29-35)40-18-11-21-47(51(40)57-50)55-45-19-9-7-16-37(45)38-17-8-10-20-46(38)55/h1-7,9-16,18-30,43,52-53H,8,17,31H2/t43-,52?/m0/s1. The second kappa shape index (κ2) is 13.0. The number of hydrogen-bond donors (Lipinski definition) is 1. The van der Waals surface area contributed by atoms with Gasteiger partial charge >= 0.3 is 0 Å². The highest BCUT2D eigenvalue weighted by molar-refractivity contribution is 7.26. The van der Waals surface area contributed by atoms with Crippen LogP contribution in [0.2, 0.25) is 0 Å². The highest BCUT2D eigenvalue weighted by Crippen LogP contribution is 2.43. The number of allylic oxidation sites excluding steroid dienone is 1. The van der Waals surface area contributed by atoms with Gasteiger partial charge in [0.1, 0.15) is 17.3 Å². The fourth-order valence-corrected chi connectivity index (χ4v) is 10.5. The van der Waals surface area contributed by atoms with E-state index in [1.807, 2.05) is 11.3 Å². The minimum atomic E-state index is -0.130. The van der Waals surface area contributed by atoms with Crippen LogP contribution >= 0.6 is 11.3 Å². The number of benzene rings is 7. The number of hydrogen-bond acceptors (Lipinski definition) is 4. The fraction of sp³-hybridized carbons (Fsp3) is 0.0962. The van der Waals surface area contributed by atoms with Crippen molar-refractivity contribution in [3.05, 3.63) is 192 Å². The third-order valence-corrected chi connectivity index (χ3v) is 13.3. The topological polar surface area (TPSA) is 42.5 Å². The second-order valence-corrected chi connectivity index (χ2v) is 16.4. The number of fused-ring (bicyclic) bond motifs is 9. The molecule has 0 spiro atoms. The fourth-order valence-electron chi connectivity index (χ4n) is 9.31. The van der Waals surface area contributed by atoms with Crippen molar-refractivity contribution in [3.63, 3.8) is 0 Å². The average molecular weight is 752 g/mol. The number of rotatable bonds is 5. The molecule has 4 nitrogen and oxygen atoms in total. The number of furan rings is 1. The van der Waals surface area contributed by atoms with Crippen molar-refractivity contribution in [1.29, 1.82) is 0 Å². The minimum absolute atomic E-state index is 0.130. The Morgan fingerprint density at radius 2 is 1.37 bits per heavy atom. The van der Waals surface area contributed by atoms with Gasteiger partial charge in [0, 0.05) is 55.5 Å². The molecule has 0 amide bonds. The number of thiophene rings is 1. The predicted octanol–water partition coefficient (Wildman–Crippen LogP) is 13.7. The van der Waals surface area contributed by atoms with Gasteiger partial charge in [-0.25, -0.2) is 0 Å². The number of nitrogens with one attached hydrogen (secondary N) is 1. The minimum Gasteiger partial charge on any atom is -0.456 e. The van der Waals surface area contributed by atoms with Crippen LogP contribution in [-0.2, 0) is 6.42 Å². The summed E-state index contributed by atoms with van der Waals surface area (Å²) in [7, 11) is 0. The molecular weight excluding hydrogens is 715 g/mol. The zero-order valence-corrected chi connectivity index (χ0v) is 32.0. The Labute approximate surface area is 334 Å². The SMILES string of the molecule is C1=Cc2c(c3ccccc3n2-c2cccc3c2sc2ccc(-c4ccc5oc6cc(C7=NC(c8ccccc8)N[C@H](c8ccccc8)C7)ccc6c5c4)cc23)CC1. The Kier molecular flexibility index (Phi) is 7.47. The molecule has 1 N–H and O–H groups in total. The molecule has 7 aromatic carbocycles. The lowest BCUT2D eigenvalue weighted by Gasteiger charge is -2.30. The Hall–Kier alpha value is -6.53. The number of nitrogens with zero attached hydrogens (tertiary/aromatic N) is 2. The monoisotopic (exact) mass is 751 g/mol. The molecule has 2 aliphatic rings. The van der Waals surface area contributed by atoms with Gasteiger partial charge in [-0.2, -0.15) is 0 Å². The molecule has 0 saturated carbocycles. The zero-order chi connectivity index (χ0) is 37.5. The van der Waals surface area contributed by atoms with Gasteiger partial charge in [0.25, 0.3) is 0 Å². The zero-order valence-electron chi connectivity index (χ0n) is 31.2. The average Bonchev–Trinajstić information content (AvgIpc) is 3.95. The largest absolute Gasteiger partial charge is 0.456 e. The third kappa shape index (κ3) is 5.34. The summed E-state index contributed by atoms with van der Waals surface area (Å²) in [5, 5.41) is 10.00. The van der Waals surface area contributed by atoms with E-state index in [1.165, 1.54) is 64.7 Å². The summed E-state index contributed by atoms with van der Waals surface area (Å²) in [5.41, 5.74) is 14.1. The Morgan fingerprint density at radius 3 is 2.25 bits per heavy atom. The molecule has 3 aromatic heterocycles. The van der Waals surface area contributed by atoms with Crippen LogP contribution in [0.3, 0.4) is 0 Å². The number of aromatic nitrogens is 1. The molecule has 4 heterocycles. The molecule has 0 radical (unpaired) electrons. The van der Waals surface area contributed by atoms with Crippen molar-refractivity contribution in [3.8, 4) is 16.8 Å². The smallest absolute Gasteiger partial charge is 0.136 e. The van der Waals surface area contributed by atoms with Gasteiger partial charge < -0.3 is 8.98 Å². The van der Waals surface area contributed by atoms with E-state index in [4.69, 9.17) is 9.41 Å². The molecule has 0 fully saturated rings. The first-order valence-electron chi connectivity index (χ1n) is 19.9. The van der Waals surface area contributed by atoms with E-state index in [0.717, 1.165) is 58.0 Å². The van der Waals surface area contributed by atoms with Crippen LogP contribution in [0.1, 0.15) is 53.0 Å². The van der Waals surface area contributed by atoms with Gasteiger partial charge in [0.15, 0.2) is 0 Å². The van der Waals surface area contributed by atoms with Crippen LogP contribution in [-0.4, -0.2) is 10.3 Å². The van der Waals surface area contributed by atoms with E-state index in [1.54, 1.807) is 0 Å². The van der Waals surface area contributed by atoms with Crippen molar-refractivity contribution in [2.24, 2.45) is 4.99 Å². The van der Waals surface area contributed by atoms with Gasteiger partial charge in [0.05, 0.1) is 15.9 Å². The summed E-state index contributed by atoms with van der Waals surface area (Å²) in [6, 6.07) is 57.3. The number of para-hydroxylation sites is 1. The quantitative estimate of drug-likeness (QED) is 0.190. The Morgan fingerprint density at radius 1 is 0.614 bits per heavy atom. The van der Waals surface area contributed by atoms with Crippen molar-refractivity contribution >= 4 is 76.1 Å². The Balaban J connectivity index is 0.923. The summed E-state index contributed by atoms with van der Waals surface area (Å²) in [5.74, 6) is 0. The molecule has 0 bridgehead atoms. The summed E-state index contributed by atoms with van der Waals surface area (Å²) in [4.78, 5) is 5.27. The molecule has 272 valence electrons. The Bertz CT molecular complexity index is 3260. The van der Waals surface area contributed by atoms with Gasteiger partial charge in [0.2, 0.25) is 0 Å². The maximum atomic E-state index is 6.56. The summed E-state index contributed by atoms with van der Waals surface area (Å²) in [6.07, 6.45) is 7.49. The lowest BCUT2D eigenvalue weighted by molar-refractivity contribution is 0.442. The molecular formula is C52H37N3OS. The first-order chi connectivity index (χ1) is 28.2. The molecule has 0 saturated heterocycles. The van der Waals surface area contributed by atoms with Gasteiger partial charge in [-0.3, -0.25) is 10.3 Å². The summed E-state index contributed by atoms with van der Waals surface area (Å²) in [6.45, 7) is 0. The van der Waals surface area contributed by atoms with E-state index in [2.05, 4.69) is 180 Å². The number of aliphatic imine (C=N–C) groups is 1. The molecule has 5 heteroatoms. The second-order valence-electron chi connectivity index (χ2n) is 15.4. The number of aryl methyl sites for hydroxylation is 1. The van der Waals surface area contributed by atoms with E-state index >= 15 is 0 Å². The van der Waals surface area contributed by atoms with Crippen LogP contribution in [0.15, 0.2) is 173 Å². The predicted molar refractivity (Wildman–Crippen MR) is 239 cm³/mol. The molecule has 1 unspecified atom stereocenters. The first-order valence-corrected chi connectivity index (χ1v) is 20.7. The molecule has 1 aliphatic heterocycles. The molecule has 57 heavy (non-hydrogen) atoms. The normalized spacial score (nSPS) is 16.9. The lowest BCUT2D eigenvalue weighted by atomic mass is 9.93. The summed E-state index contributed by atoms with van der Waals surface area (Å²) < 4.78 is 11.7. The highest BCUT2D eigenvalue weighted by Gasteiger charge is 2.27. The van der Waals surface area contributed by atoms with E-state index in [9.17, 15) is 0 Å². The van der Waals surface area contributed by atoms with Crippen LogP contribution in [0, 0.1) is 0 Å². The van der Waals surface area contributed by atoms with Crippen LogP contribution in [0.4, 0.5) is 0 Å². The molecule has 10 aromatic rings. The molecule has 12 rings (SSSR count). The molecule has 2 atom stereocenters. The molecule has 1 aliphatic carbocycles. The van der Waals surface area contributed by atoms with Crippen LogP contribution in [0.5, 0.6) is 0 Å². The van der Waals surface area contributed by atoms with Crippen molar-refractivity contribution in [2.45, 2.75) is 31.5 Å². The van der Waals surface area contributed by atoms with Gasteiger partial charge in [-0.1, -0.05) is 115 Å². The maximum absolute atomic E-state index is 6.56. The first kappa shape index (κ1) is 32.7. The van der Waals surface area contributed by atoms with Crippen molar-refractivity contribution < 1.29 is 4.42 Å². The van der Waals surface area contributed by atoms with Crippen LogP contribution < -0.4 is 5.32 Å². The lowest BCUT2D eigenvalue weighted by Crippen LogP contribution is -2.33. The van der Waals surface area contributed by atoms with E-state index < -0.39 is 0 Å². The summed E-state index contributed by atoms with van der Waals surface area (Å²) >= 11 is 1.89. The maximum Gasteiger partial charge on any atom is 0.136 e. The van der Waals surface area contributed by atoms with Gasteiger partial charge in [-0.05, 0) is 101 Å². The van der Waals surface area contributed by atoms with Crippen molar-refractivity contribution in [2.75, 3.05) is 0 Å².